The van der Waals surface area contributed by atoms with Crippen molar-refractivity contribution in [1.29, 1.82) is 5.26 Å². The minimum absolute atomic E-state index is 0.212. The van der Waals surface area contributed by atoms with Crippen LogP contribution in [-0.4, -0.2) is 47.5 Å². The van der Waals surface area contributed by atoms with Crippen LogP contribution < -0.4 is 4.74 Å². The molecular weight excluding hydrogens is 452 g/mol. The minimum atomic E-state index is -0.212. The first kappa shape index (κ1) is 22.5. The number of fused-ring (bicyclic) bond motifs is 1. The van der Waals surface area contributed by atoms with Crippen LogP contribution in [-0.2, 0) is 0 Å². The van der Waals surface area contributed by atoms with Gasteiger partial charge in [-0.05, 0) is 70.2 Å². The maximum absolute atomic E-state index is 9.18. The second-order valence-corrected chi connectivity index (χ2v) is 9.88. The van der Waals surface area contributed by atoms with Crippen LogP contribution in [0.3, 0.4) is 0 Å². The lowest BCUT2D eigenvalue weighted by molar-refractivity contribution is 0.222. The van der Waals surface area contributed by atoms with Crippen molar-refractivity contribution in [2.75, 3.05) is 13.1 Å². The number of nitriles is 1. The van der Waals surface area contributed by atoms with Crippen molar-refractivity contribution in [1.82, 2.24) is 34.4 Å². The minimum Gasteiger partial charge on any atom is -0.482 e. The van der Waals surface area contributed by atoms with Gasteiger partial charge in [0.2, 0.25) is 0 Å². The first-order valence-corrected chi connectivity index (χ1v) is 12.8. The molecule has 3 aromatic heterocycles. The summed E-state index contributed by atoms with van der Waals surface area (Å²) < 4.78 is 10.9. The third-order valence-electron chi connectivity index (χ3n) is 7.66. The summed E-state index contributed by atoms with van der Waals surface area (Å²) in [7, 11) is 0. The molecule has 0 bridgehead atoms. The van der Waals surface area contributed by atoms with Gasteiger partial charge in [0.05, 0.1) is 29.3 Å². The summed E-state index contributed by atoms with van der Waals surface area (Å²) in [5.74, 6) is 0.793. The van der Waals surface area contributed by atoms with Crippen LogP contribution in [0.2, 0.25) is 0 Å². The van der Waals surface area contributed by atoms with Crippen LogP contribution in [0.25, 0.3) is 22.3 Å². The molecule has 1 aromatic carbocycles. The smallest absolute Gasteiger partial charge is 0.179 e. The number of aromatic nitrogens is 6. The zero-order valence-electron chi connectivity index (χ0n) is 20.7. The van der Waals surface area contributed by atoms with Crippen molar-refractivity contribution >= 4 is 11.0 Å². The number of likely N-dealkylation sites (tertiary alicyclic amines) is 1. The summed E-state index contributed by atoms with van der Waals surface area (Å²) in [4.78, 5) is 11.1. The van der Waals surface area contributed by atoms with Crippen molar-refractivity contribution in [2.45, 2.75) is 64.1 Å². The van der Waals surface area contributed by atoms with Crippen LogP contribution in [0.1, 0.15) is 68.6 Å². The zero-order chi connectivity index (χ0) is 24.6. The third-order valence-corrected chi connectivity index (χ3v) is 7.66. The Morgan fingerprint density at radius 2 is 1.92 bits per heavy atom. The SMILES string of the molecule is Cc1c(-c2cc(O[C@H](C)c3ccccn3)c3c(c2)ncn3C2CCC2)nnn1C1CCN(C#N)CC1. The molecule has 0 amide bonds. The van der Waals surface area contributed by atoms with Gasteiger partial charge in [-0.2, -0.15) is 5.26 Å². The molecular formula is C27H30N8O. The molecule has 36 heavy (non-hydrogen) atoms. The molecule has 0 spiro atoms. The van der Waals surface area contributed by atoms with Gasteiger partial charge < -0.3 is 14.2 Å². The highest BCUT2D eigenvalue weighted by molar-refractivity contribution is 5.88. The Hall–Kier alpha value is -3.93. The first-order chi connectivity index (χ1) is 17.6. The largest absolute Gasteiger partial charge is 0.482 e. The number of benzene rings is 1. The third kappa shape index (κ3) is 3.96. The maximum Gasteiger partial charge on any atom is 0.179 e. The van der Waals surface area contributed by atoms with E-state index in [4.69, 9.17) is 9.72 Å². The van der Waals surface area contributed by atoms with Crippen molar-refractivity contribution in [3.8, 4) is 23.2 Å². The molecule has 9 heteroatoms. The molecule has 1 saturated carbocycles. The Labute approximate surface area is 210 Å². The van der Waals surface area contributed by atoms with Crippen molar-refractivity contribution in [3.05, 3.63) is 54.2 Å². The van der Waals surface area contributed by atoms with E-state index in [1.165, 1.54) is 19.3 Å². The van der Waals surface area contributed by atoms with Gasteiger partial charge in [-0.25, -0.2) is 9.67 Å². The van der Waals surface area contributed by atoms with Gasteiger partial charge in [0, 0.05) is 30.9 Å². The Bertz CT molecular complexity index is 1410. The van der Waals surface area contributed by atoms with Crippen molar-refractivity contribution in [3.63, 3.8) is 0 Å². The molecule has 9 nitrogen and oxygen atoms in total. The summed E-state index contributed by atoms with van der Waals surface area (Å²) >= 11 is 0. The van der Waals surface area contributed by atoms with Gasteiger partial charge in [0.25, 0.3) is 0 Å². The molecule has 4 heterocycles. The predicted molar refractivity (Wildman–Crippen MR) is 135 cm³/mol. The molecule has 1 aliphatic heterocycles. The van der Waals surface area contributed by atoms with E-state index in [1.54, 1.807) is 6.20 Å². The number of rotatable bonds is 6. The number of hydrogen-bond acceptors (Lipinski definition) is 7. The normalized spacial score (nSPS) is 17.6. The first-order valence-electron chi connectivity index (χ1n) is 12.8. The molecule has 0 N–H and O–H groups in total. The van der Waals surface area contributed by atoms with E-state index in [-0.39, 0.29) is 12.1 Å². The average molecular weight is 483 g/mol. The topological polar surface area (TPSA) is 97.7 Å². The average Bonchev–Trinajstić information content (AvgIpc) is 3.47. The lowest BCUT2D eigenvalue weighted by Gasteiger charge is -2.28. The molecule has 4 aromatic rings. The van der Waals surface area contributed by atoms with Crippen LogP contribution >= 0.6 is 0 Å². The fraction of sp³-hybridized carbons (Fsp3) is 0.444. The number of ether oxygens (including phenoxy) is 1. The second-order valence-electron chi connectivity index (χ2n) is 9.88. The summed E-state index contributed by atoms with van der Waals surface area (Å²) in [5.41, 5.74) is 5.62. The molecule has 184 valence electrons. The zero-order valence-corrected chi connectivity index (χ0v) is 20.7. The van der Waals surface area contributed by atoms with Gasteiger partial charge in [0.1, 0.15) is 23.1 Å². The Balaban J connectivity index is 1.38. The molecule has 2 fully saturated rings. The van der Waals surface area contributed by atoms with Gasteiger partial charge in [-0.1, -0.05) is 11.3 Å². The highest BCUT2D eigenvalue weighted by Crippen LogP contribution is 2.40. The van der Waals surface area contributed by atoms with Crippen LogP contribution in [0.5, 0.6) is 5.75 Å². The summed E-state index contributed by atoms with van der Waals surface area (Å²) in [6.45, 7) is 5.60. The van der Waals surface area contributed by atoms with Gasteiger partial charge in [0.15, 0.2) is 6.19 Å². The van der Waals surface area contributed by atoms with E-state index in [0.717, 1.165) is 65.4 Å². The van der Waals surface area contributed by atoms with E-state index >= 15 is 0 Å². The number of nitrogens with zero attached hydrogens (tertiary/aromatic N) is 8. The molecule has 1 saturated heterocycles. The summed E-state index contributed by atoms with van der Waals surface area (Å²) in [5, 5.41) is 18.3. The number of hydrogen-bond donors (Lipinski definition) is 0. The Kier molecular flexibility index (Phi) is 5.80. The highest BCUT2D eigenvalue weighted by Gasteiger charge is 2.27. The molecule has 2 aliphatic rings. The molecule has 6 rings (SSSR count). The van der Waals surface area contributed by atoms with Crippen LogP contribution in [0.15, 0.2) is 42.9 Å². The highest BCUT2D eigenvalue weighted by atomic mass is 16.5. The molecule has 1 atom stereocenters. The van der Waals surface area contributed by atoms with E-state index in [9.17, 15) is 5.26 Å². The molecule has 0 radical (unpaired) electrons. The fourth-order valence-electron chi connectivity index (χ4n) is 5.33. The van der Waals surface area contributed by atoms with Gasteiger partial charge >= 0.3 is 0 Å². The Morgan fingerprint density at radius 3 is 2.61 bits per heavy atom. The number of pyridine rings is 1. The fourth-order valence-corrected chi connectivity index (χ4v) is 5.33. The standard InChI is InChI=1S/C27H30N8O/c1-18-26(31-32-35(18)22-9-12-33(16-28)13-10-22)20-14-24-27(34(17-30-24)21-6-5-7-21)25(15-20)36-19(2)23-8-3-4-11-29-23/h3-4,8,11,14-15,17,19,21-22H,5-7,9-10,12-13H2,1-2H3/t19-/m1/s1. The molecule has 0 unspecified atom stereocenters. The number of piperidine rings is 1. The van der Waals surface area contributed by atoms with Crippen LogP contribution in [0, 0.1) is 18.4 Å². The number of imidazole rings is 1. The summed E-state index contributed by atoms with van der Waals surface area (Å²) in [6, 6.07) is 10.8. The van der Waals surface area contributed by atoms with Crippen molar-refractivity contribution in [2.24, 2.45) is 0 Å². The van der Waals surface area contributed by atoms with Gasteiger partial charge in [-0.3, -0.25) is 4.98 Å². The molecule has 1 aliphatic carbocycles. The monoisotopic (exact) mass is 482 g/mol. The maximum atomic E-state index is 9.18. The predicted octanol–water partition coefficient (Wildman–Crippen LogP) is 4.98. The second kappa shape index (κ2) is 9.26. The van der Waals surface area contributed by atoms with Crippen LogP contribution in [0.4, 0.5) is 0 Å². The Morgan fingerprint density at radius 1 is 1.08 bits per heavy atom. The quantitative estimate of drug-likeness (QED) is 0.357. The lowest BCUT2D eigenvalue weighted by Crippen LogP contribution is -2.31. The van der Waals surface area contributed by atoms with E-state index in [0.29, 0.717) is 6.04 Å². The van der Waals surface area contributed by atoms with Crippen molar-refractivity contribution < 1.29 is 4.74 Å². The van der Waals surface area contributed by atoms with E-state index in [1.807, 2.05) is 41.0 Å². The lowest BCUT2D eigenvalue weighted by atomic mass is 9.93. The van der Waals surface area contributed by atoms with E-state index in [2.05, 4.69) is 45.1 Å². The summed E-state index contributed by atoms with van der Waals surface area (Å²) in [6.07, 6.45) is 11.1. The van der Waals surface area contributed by atoms with E-state index < -0.39 is 0 Å². The van der Waals surface area contributed by atoms with Gasteiger partial charge in [-0.15, -0.1) is 5.10 Å².